The van der Waals surface area contributed by atoms with Crippen LogP contribution in [0.5, 0.6) is 11.5 Å². The van der Waals surface area contributed by atoms with Gasteiger partial charge >= 0.3 is 0 Å². The third kappa shape index (κ3) is 3.58. The van der Waals surface area contributed by atoms with Gasteiger partial charge in [0.15, 0.2) is 5.82 Å². The zero-order valence-corrected chi connectivity index (χ0v) is 13.1. The first-order chi connectivity index (χ1) is 11.7. The van der Waals surface area contributed by atoms with Crippen molar-refractivity contribution in [3.8, 4) is 11.5 Å². The van der Waals surface area contributed by atoms with Crippen molar-refractivity contribution in [3.05, 3.63) is 66.1 Å². The first-order valence-corrected chi connectivity index (χ1v) is 7.37. The van der Waals surface area contributed by atoms with Crippen LogP contribution in [0.25, 0.3) is 0 Å². The maximum Gasteiger partial charge on any atom is 0.257 e. The first-order valence-electron chi connectivity index (χ1n) is 7.37. The average molecular weight is 323 g/mol. The minimum Gasteiger partial charge on any atom is -0.457 e. The summed E-state index contributed by atoms with van der Waals surface area (Å²) in [5.74, 6) is 1.40. The molecule has 0 aliphatic carbocycles. The van der Waals surface area contributed by atoms with Gasteiger partial charge in [0.05, 0.1) is 0 Å². The number of rotatable bonds is 5. The number of benzene rings is 1. The second kappa shape index (κ2) is 6.93. The van der Waals surface area contributed by atoms with E-state index in [-0.39, 0.29) is 5.91 Å². The topological polar surface area (TPSA) is 95.1 Å². The highest BCUT2D eigenvalue weighted by molar-refractivity contribution is 6.04. The largest absolute Gasteiger partial charge is 0.457 e. The van der Waals surface area contributed by atoms with E-state index in [1.807, 2.05) is 0 Å². The van der Waals surface area contributed by atoms with Gasteiger partial charge in [0.25, 0.3) is 5.91 Å². The zero-order chi connectivity index (χ0) is 16.9. The van der Waals surface area contributed by atoms with Crippen molar-refractivity contribution in [1.82, 2.24) is 14.8 Å². The molecule has 0 saturated carbocycles. The molecule has 3 N–H and O–H groups in total. The van der Waals surface area contributed by atoms with Crippen molar-refractivity contribution in [2.24, 2.45) is 12.8 Å². The number of pyridine rings is 1. The summed E-state index contributed by atoms with van der Waals surface area (Å²) in [5, 5.41) is 6.98. The zero-order valence-electron chi connectivity index (χ0n) is 13.1. The molecule has 2 heterocycles. The van der Waals surface area contributed by atoms with E-state index in [1.54, 1.807) is 66.7 Å². The van der Waals surface area contributed by atoms with E-state index >= 15 is 0 Å². The van der Waals surface area contributed by atoms with Gasteiger partial charge in [0, 0.05) is 43.3 Å². The molecule has 1 amide bonds. The highest BCUT2D eigenvalue weighted by atomic mass is 16.5. The molecule has 0 fully saturated rings. The SMILES string of the molecule is Cn1cc(CN)c(NC(=O)c2cccc(Oc3ccncc3)c2)n1. The molecule has 3 aromatic rings. The molecule has 0 radical (unpaired) electrons. The normalized spacial score (nSPS) is 10.4. The number of nitrogens with two attached hydrogens (primary N) is 1. The summed E-state index contributed by atoms with van der Waals surface area (Å²) in [6.45, 7) is 0.300. The van der Waals surface area contributed by atoms with Gasteiger partial charge in [-0.1, -0.05) is 6.07 Å². The molecule has 3 rings (SSSR count). The Balaban J connectivity index is 1.76. The average Bonchev–Trinajstić information content (AvgIpc) is 2.95. The number of aryl methyl sites for hydroxylation is 1. The molecule has 1 aromatic carbocycles. The summed E-state index contributed by atoms with van der Waals surface area (Å²) in [6.07, 6.45) is 5.06. The Kier molecular flexibility index (Phi) is 4.53. The molecule has 122 valence electrons. The minimum absolute atomic E-state index is 0.274. The van der Waals surface area contributed by atoms with E-state index in [2.05, 4.69) is 15.4 Å². The van der Waals surface area contributed by atoms with Crippen LogP contribution in [0, 0.1) is 0 Å². The van der Waals surface area contributed by atoms with E-state index in [1.165, 1.54) is 0 Å². The molecule has 7 heteroatoms. The van der Waals surface area contributed by atoms with Crippen LogP contribution in [0.15, 0.2) is 55.0 Å². The smallest absolute Gasteiger partial charge is 0.257 e. The molecule has 0 spiro atoms. The quantitative estimate of drug-likeness (QED) is 0.751. The van der Waals surface area contributed by atoms with Crippen LogP contribution in [-0.2, 0) is 13.6 Å². The molecule has 0 atom stereocenters. The number of hydrogen-bond donors (Lipinski definition) is 2. The number of carbonyl (C=O) groups is 1. The van der Waals surface area contributed by atoms with Crippen molar-refractivity contribution in [2.75, 3.05) is 5.32 Å². The van der Waals surface area contributed by atoms with Crippen LogP contribution in [0.4, 0.5) is 5.82 Å². The molecule has 0 saturated heterocycles. The minimum atomic E-state index is -0.274. The number of aromatic nitrogens is 3. The molecule has 7 nitrogen and oxygen atoms in total. The van der Waals surface area contributed by atoms with Crippen molar-refractivity contribution < 1.29 is 9.53 Å². The summed E-state index contributed by atoms with van der Waals surface area (Å²) in [7, 11) is 1.78. The fourth-order valence-corrected chi connectivity index (χ4v) is 2.22. The van der Waals surface area contributed by atoms with Crippen LogP contribution in [0.2, 0.25) is 0 Å². The van der Waals surface area contributed by atoms with Crippen LogP contribution in [-0.4, -0.2) is 20.7 Å². The second-order valence-electron chi connectivity index (χ2n) is 5.15. The van der Waals surface area contributed by atoms with Crippen molar-refractivity contribution in [3.63, 3.8) is 0 Å². The number of ether oxygens (including phenoxy) is 1. The van der Waals surface area contributed by atoms with Gasteiger partial charge in [-0.15, -0.1) is 0 Å². The second-order valence-corrected chi connectivity index (χ2v) is 5.15. The maximum absolute atomic E-state index is 12.4. The van der Waals surface area contributed by atoms with E-state index in [9.17, 15) is 4.79 Å². The molecule has 0 aliphatic rings. The van der Waals surface area contributed by atoms with Gasteiger partial charge in [0.1, 0.15) is 11.5 Å². The lowest BCUT2D eigenvalue weighted by Crippen LogP contribution is -2.14. The van der Waals surface area contributed by atoms with Crippen LogP contribution in [0.3, 0.4) is 0 Å². The Morgan fingerprint density at radius 1 is 1.25 bits per heavy atom. The van der Waals surface area contributed by atoms with Gasteiger partial charge in [-0.05, 0) is 30.3 Å². The Morgan fingerprint density at radius 3 is 2.79 bits per heavy atom. The summed E-state index contributed by atoms with van der Waals surface area (Å²) < 4.78 is 7.32. The molecule has 0 bridgehead atoms. The van der Waals surface area contributed by atoms with E-state index in [0.717, 1.165) is 5.56 Å². The summed E-state index contributed by atoms with van der Waals surface area (Å²) in [4.78, 5) is 16.4. The fourth-order valence-electron chi connectivity index (χ4n) is 2.22. The number of amides is 1. The lowest BCUT2D eigenvalue weighted by Gasteiger charge is -2.08. The highest BCUT2D eigenvalue weighted by Gasteiger charge is 2.12. The number of nitrogens with zero attached hydrogens (tertiary/aromatic N) is 3. The lowest BCUT2D eigenvalue weighted by molar-refractivity contribution is 0.102. The number of hydrogen-bond acceptors (Lipinski definition) is 5. The van der Waals surface area contributed by atoms with E-state index < -0.39 is 0 Å². The number of nitrogens with one attached hydrogen (secondary N) is 1. The van der Waals surface area contributed by atoms with Gasteiger partial charge < -0.3 is 15.8 Å². The maximum atomic E-state index is 12.4. The van der Waals surface area contributed by atoms with Crippen molar-refractivity contribution in [1.29, 1.82) is 0 Å². The Hall–Kier alpha value is -3.19. The summed E-state index contributed by atoms with van der Waals surface area (Å²) >= 11 is 0. The van der Waals surface area contributed by atoms with Gasteiger partial charge in [0.2, 0.25) is 0 Å². The third-order valence-electron chi connectivity index (χ3n) is 3.34. The number of carbonyl (C=O) groups excluding carboxylic acids is 1. The van der Waals surface area contributed by atoms with Crippen LogP contribution >= 0.6 is 0 Å². The standard InChI is InChI=1S/C17H17N5O2/c1-22-11-13(10-18)16(21-22)20-17(23)12-3-2-4-15(9-12)24-14-5-7-19-8-6-14/h2-9,11H,10,18H2,1H3,(H,20,21,23). The van der Waals surface area contributed by atoms with E-state index in [4.69, 9.17) is 10.5 Å². The first kappa shape index (κ1) is 15.7. The summed E-state index contributed by atoms with van der Waals surface area (Å²) in [6, 6.07) is 10.4. The van der Waals surface area contributed by atoms with Gasteiger partial charge in [-0.2, -0.15) is 5.10 Å². The molecular weight excluding hydrogens is 306 g/mol. The predicted octanol–water partition coefficient (Wildman–Crippen LogP) is 2.32. The van der Waals surface area contributed by atoms with Crippen molar-refractivity contribution >= 4 is 11.7 Å². The molecule has 0 unspecified atom stereocenters. The Labute approximate surface area is 139 Å². The van der Waals surface area contributed by atoms with Crippen molar-refractivity contribution in [2.45, 2.75) is 6.54 Å². The fraction of sp³-hybridized carbons (Fsp3) is 0.118. The van der Waals surface area contributed by atoms with E-state index in [0.29, 0.717) is 29.4 Å². The van der Waals surface area contributed by atoms with Crippen LogP contribution in [0.1, 0.15) is 15.9 Å². The van der Waals surface area contributed by atoms with Gasteiger partial charge in [-0.25, -0.2) is 0 Å². The monoisotopic (exact) mass is 323 g/mol. The number of anilines is 1. The van der Waals surface area contributed by atoms with Crippen LogP contribution < -0.4 is 15.8 Å². The third-order valence-corrected chi connectivity index (χ3v) is 3.34. The Morgan fingerprint density at radius 2 is 2.04 bits per heavy atom. The molecule has 0 aliphatic heterocycles. The molecule has 2 aromatic heterocycles. The Bertz CT molecular complexity index is 845. The predicted molar refractivity (Wildman–Crippen MR) is 89.8 cm³/mol. The summed E-state index contributed by atoms with van der Waals surface area (Å²) in [5.41, 5.74) is 6.90. The highest BCUT2D eigenvalue weighted by Crippen LogP contribution is 2.22. The van der Waals surface area contributed by atoms with Gasteiger partial charge in [-0.3, -0.25) is 14.5 Å². The lowest BCUT2D eigenvalue weighted by atomic mass is 10.2. The molecular formula is C17H17N5O2. The molecule has 24 heavy (non-hydrogen) atoms.